The number of rotatable bonds is 4. The van der Waals surface area contributed by atoms with Gasteiger partial charge in [0.15, 0.2) is 0 Å². The molecule has 0 saturated carbocycles. The summed E-state index contributed by atoms with van der Waals surface area (Å²) in [5, 5.41) is 11.7. The fourth-order valence-electron chi connectivity index (χ4n) is 2.20. The van der Waals surface area contributed by atoms with Crippen molar-refractivity contribution in [1.82, 2.24) is 5.32 Å². The van der Waals surface area contributed by atoms with E-state index in [1.807, 2.05) is 26.8 Å². The zero-order valence-electron chi connectivity index (χ0n) is 12.1. The molecule has 0 saturated heterocycles. The van der Waals surface area contributed by atoms with Crippen molar-refractivity contribution in [2.24, 2.45) is 0 Å². The average molecular weight is 287 g/mol. The molecule has 21 heavy (non-hydrogen) atoms. The first kappa shape index (κ1) is 14.8. The molecule has 1 aromatic heterocycles. The number of hydrogen-bond donors (Lipinski definition) is 2. The van der Waals surface area contributed by atoms with Gasteiger partial charge in [0, 0.05) is 11.1 Å². The predicted octanol–water partition coefficient (Wildman–Crippen LogP) is 3.09. The van der Waals surface area contributed by atoms with Crippen LogP contribution in [0.25, 0.3) is 0 Å². The van der Waals surface area contributed by atoms with Crippen LogP contribution < -0.4 is 5.32 Å². The lowest BCUT2D eigenvalue weighted by atomic mass is 10.1. The molecular weight excluding hydrogens is 270 g/mol. The highest BCUT2D eigenvalue weighted by Crippen LogP contribution is 2.21. The molecule has 0 radical (unpaired) electrons. The van der Waals surface area contributed by atoms with E-state index in [9.17, 15) is 9.59 Å². The number of aromatic carboxylic acids is 1. The molecule has 0 spiro atoms. The summed E-state index contributed by atoms with van der Waals surface area (Å²) in [5.74, 6) is 0.313. The second-order valence-corrected chi connectivity index (χ2v) is 4.95. The summed E-state index contributed by atoms with van der Waals surface area (Å²) in [7, 11) is 0. The van der Waals surface area contributed by atoms with Crippen molar-refractivity contribution >= 4 is 11.9 Å². The Bertz CT molecular complexity index is 670. The van der Waals surface area contributed by atoms with Crippen LogP contribution in [0.4, 0.5) is 0 Å². The van der Waals surface area contributed by atoms with Gasteiger partial charge >= 0.3 is 5.97 Å². The van der Waals surface area contributed by atoms with Crippen molar-refractivity contribution in [3.05, 3.63) is 58.5 Å². The van der Waals surface area contributed by atoms with Gasteiger partial charge in [-0.05, 0) is 51.1 Å². The topological polar surface area (TPSA) is 79.5 Å². The number of hydrogen-bond acceptors (Lipinski definition) is 3. The maximum atomic E-state index is 12.1. The van der Waals surface area contributed by atoms with Crippen LogP contribution >= 0.6 is 0 Å². The molecule has 2 aromatic rings. The number of carbonyl (C=O) groups excluding carboxylic acids is 1. The highest BCUT2D eigenvalue weighted by atomic mass is 16.4. The molecule has 0 bridgehead atoms. The minimum Gasteiger partial charge on any atom is -0.478 e. The minimum atomic E-state index is -1.01. The lowest BCUT2D eigenvalue weighted by Gasteiger charge is -2.13. The second-order valence-electron chi connectivity index (χ2n) is 4.95. The molecule has 5 heteroatoms. The SMILES string of the molecule is Cc1cc(C(C)NC(=O)c2ccc(C(=O)O)cc2)c(C)o1. The number of benzene rings is 1. The Morgan fingerprint density at radius 2 is 1.71 bits per heavy atom. The fourth-order valence-corrected chi connectivity index (χ4v) is 2.20. The fraction of sp³-hybridized carbons (Fsp3) is 0.250. The molecule has 1 atom stereocenters. The van der Waals surface area contributed by atoms with Gasteiger partial charge in [-0.3, -0.25) is 4.79 Å². The molecule has 1 unspecified atom stereocenters. The van der Waals surface area contributed by atoms with Crippen molar-refractivity contribution in [3.8, 4) is 0 Å². The van der Waals surface area contributed by atoms with Crippen molar-refractivity contribution in [2.45, 2.75) is 26.8 Å². The summed E-state index contributed by atoms with van der Waals surface area (Å²) in [6, 6.07) is 7.53. The van der Waals surface area contributed by atoms with E-state index in [0.29, 0.717) is 5.56 Å². The van der Waals surface area contributed by atoms with E-state index in [1.165, 1.54) is 24.3 Å². The van der Waals surface area contributed by atoms with E-state index in [2.05, 4.69) is 5.32 Å². The van der Waals surface area contributed by atoms with Crippen LogP contribution in [0.15, 0.2) is 34.7 Å². The Labute approximate surface area is 122 Å². The van der Waals surface area contributed by atoms with Gasteiger partial charge < -0.3 is 14.8 Å². The number of carbonyl (C=O) groups is 2. The van der Waals surface area contributed by atoms with Gasteiger partial charge in [-0.2, -0.15) is 0 Å². The molecule has 2 rings (SSSR count). The number of amides is 1. The van der Waals surface area contributed by atoms with Gasteiger partial charge in [0.25, 0.3) is 5.91 Å². The van der Waals surface area contributed by atoms with Gasteiger partial charge in [0.1, 0.15) is 11.5 Å². The zero-order valence-corrected chi connectivity index (χ0v) is 12.1. The maximum absolute atomic E-state index is 12.1. The van der Waals surface area contributed by atoms with Gasteiger partial charge in [-0.15, -0.1) is 0 Å². The predicted molar refractivity (Wildman–Crippen MR) is 77.5 cm³/mol. The van der Waals surface area contributed by atoms with E-state index in [1.54, 1.807) is 0 Å². The van der Waals surface area contributed by atoms with Crippen LogP contribution in [0.1, 0.15) is 50.8 Å². The third-order valence-electron chi connectivity index (χ3n) is 3.29. The van der Waals surface area contributed by atoms with E-state index in [4.69, 9.17) is 9.52 Å². The lowest BCUT2D eigenvalue weighted by molar-refractivity contribution is 0.0696. The number of carboxylic acids is 1. The summed E-state index contributed by atoms with van der Waals surface area (Å²) in [6.07, 6.45) is 0. The zero-order chi connectivity index (χ0) is 15.6. The Morgan fingerprint density at radius 1 is 1.14 bits per heavy atom. The normalized spacial score (nSPS) is 12.0. The van der Waals surface area contributed by atoms with E-state index in [-0.39, 0.29) is 17.5 Å². The molecule has 0 aliphatic carbocycles. The minimum absolute atomic E-state index is 0.154. The first-order chi connectivity index (χ1) is 9.88. The standard InChI is InChI=1S/C16H17NO4/c1-9-8-14(11(3)21-9)10(2)17-15(18)12-4-6-13(7-5-12)16(19)20/h4-8,10H,1-3H3,(H,17,18)(H,19,20). The molecule has 5 nitrogen and oxygen atoms in total. The highest BCUT2D eigenvalue weighted by molar-refractivity contribution is 5.96. The molecule has 110 valence electrons. The van der Waals surface area contributed by atoms with Gasteiger partial charge in [-0.25, -0.2) is 4.79 Å². The molecule has 1 aromatic carbocycles. The smallest absolute Gasteiger partial charge is 0.335 e. The number of furan rings is 1. The monoisotopic (exact) mass is 287 g/mol. The van der Waals surface area contributed by atoms with Gasteiger partial charge in [0.2, 0.25) is 0 Å². The van der Waals surface area contributed by atoms with E-state index >= 15 is 0 Å². The largest absolute Gasteiger partial charge is 0.478 e. The Kier molecular flexibility index (Phi) is 4.12. The van der Waals surface area contributed by atoms with Crippen molar-refractivity contribution in [3.63, 3.8) is 0 Å². The van der Waals surface area contributed by atoms with E-state index in [0.717, 1.165) is 17.1 Å². The van der Waals surface area contributed by atoms with Gasteiger partial charge in [0.05, 0.1) is 11.6 Å². The van der Waals surface area contributed by atoms with Crippen LogP contribution in [0.5, 0.6) is 0 Å². The summed E-state index contributed by atoms with van der Waals surface area (Å²) >= 11 is 0. The number of nitrogens with one attached hydrogen (secondary N) is 1. The Hall–Kier alpha value is -2.56. The molecule has 0 aliphatic rings. The Balaban J connectivity index is 2.10. The third-order valence-corrected chi connectivity index (χ3v) is 3.29. The summed E-state index contributed by atoms with van der Waals surface area (Å²) in [5.41, 5.74) is 1.51. The molecule has 1 heterocycles. The summed E-state index contributed by atoms with van der Waals surface area (Å²) in [6.45, 7) is 5.59. The summed E-state index contributed by atoms with van der Waals surface area (Å²) < 4.78 is 5.45. The quantitative estimate of drug-likeness (QED) is 0.905. The average Bonchev–Trinajstić information content (AvgIpc) is 2.77. The molecule has 0 aliphatic heterocycles. The Morgan fingerprint density at radius 3 is 2.19 bits per heavy atom. The van der Waals surface area contributed by atoms with E-state index < -0.39 is 5.97 Å². The van der Waals surface area contributed by atoms with Crippen LogP contribution in [-0.4, -0.2) is 17.0 Å². The van der Waals surface area contributed by atoms with Crippen molar-refractivity contribution < 1.29 is 19.1 Å². The summed E-state index contributed by atoms with van der Waals surface area (Å²) in [4.78, 5) is 22.9. The lowest BCUT2D eigenvalue weighted by Crippen LogP contribution is -2.26. The van der Waals surface area contributed by atoms with Crippen molar-refractivity contribution in [1.29, 1.82) is 0 Å². The van der Waals surface area contributed by atoms with Crippen LogP contribution in [0.2, 0.25) is 0 Å². The molecule has 2 N–H and O–H groups in total. The van der Waals surface area contributed by atoms with Crippen LogP contribution in [0.3, 0.4) is 0 Å². The molecule has 1 amide bonds. The maximum Gasteiger partial charge on any atom is 0.335 e. The molecule has 0 fully saturated rings. The van der Waals surface area contributed by atoms with Crippen molar-refractivity contribution in [2.75, 3.05) is 0 Å². The first-order valence-electron chi connectivity index (χ1n) is 6.59. The first-order valence-corrected chi connectivity index (χ1v) is 6.59. The van der Waals surface area contributed by atoms with Crippen LogP contribution in [0, 0.1) is 13.8 Å². The second kappa shape index (κ2) is 5.83. The third kappa shape index (κ3) is 3.31. The number of carboxylic acid groups (broad SMARTS) is 1. The highest BCUT2D eigenvalue weighted by Gasteiger charge is 2.16. The van der Waals surface area contributed by atoms with Gasteiger partial charge in [-0.1, -0.05) is 0 Å². The number of aryl methyl sites for hydroxylation is 2. The molecular formula is C16H17NO4. The van der Waals surface area contributed by atoms with Crippen LogP contribution in [-0.2, 0) is 0 Å².